The molecule has 6 nitrogen and oxygen atoms in total. The molecule has 0 heterocycles. The van der Waals surface area contributed by atoms with Crippen LogP contribution in [0.3, 0.4) is 0 Å². The van der Waals surface area contributed by atoms with Crippen LogP contribution in [0, 0.1) is 17.8 Å². The summed E-state index contributed by atoms with van der Waals surface area (Å²) in [6, 6.07) is 0. The van der Waals surface area contributed by atoms with E-state index in [0.29, 0.717) is 0 Å². The van der Waals surface area contributed by atoms with Crippen molar-refractivity contribution in [3.05, 3.63) is 0 Å². The lowest BCUT2D eigenvalue weighted by Gasteiger charge is -2.06. The summed E-state index contributed by atoms with van der Waals surface area (Å²) in [4.78, 5) is 10.5. The fraction of sp³-hybridized carbons (Fsp3) is 0.938. The standard InChI is InChI=1S/C7H12.C6H12O2.C3H9NO3S/c1-2-7-4-3-6(1)5-7;1-4-5(2)6(7)8-3;1-4(2)8(5,6)7-3/h6-7H,1-5H2;5H,4H2,1-3H3;1-3H3. The van der Waals surface area contributed by atoms with E-state index in [1.54, 1.807) is 32.1 Å². The van der Waals surface area contributed by atoms with Gasteiger partial charge in [0, 0.05) is 14.1 Å². The molecule has 2 rings (SSSR count). The average Bonchev–Trinajstić information content (AvgIpc) is 3.19. The molecule has 0 radical (unpaired) electrons. The molecule has 0 N–H and O–H groups in total. The molecule has 1 unspecified atom stereocenters. The van der Waals surface area contributed by atoms with Gasteiger partial charge in [-0.2, -0.15) is 12.7 Å². The van der Waals surface area contributed by atoms with E-state index in [4.69, 9.17) is 0 Å². The summed E-state index contributed by atoms with van der Waals surface area (Å²) in [5, 5.41) is 0. The fourth-order valence-electron chi connectivity index (χ4n) is 2.69. The van der Waals surface area contributed by atoms with Crippen LogP contribution < -0.4 is 0 Å². The Labute approximate surface area is 141 Å². The van der Waals surface area contributed by atoms with Gasteiger partial charge in [-0.25, -0.2) is 0 Å². The lowest BCUT2D eigenvalue weighted by molar-refractivity contribution is -0.144. The lowest BCUT2D eigenvalue weighted by atomic mass is 10.0. The number of nitrogens with zero attached hydrogens (tertiary/aromatic N) is 1. The van der Waals surface area contributed by atoms with Crippen LogP contribution in [0.15, 0.2) is 0 Å². The maximum absolute atomic E-state index is 10.5. The largest absolute Gasteiger partial charge is 0.469 e. The highest BCUT2D eigenvalue weighted by Crippen LogP contribution is 2.43. The Morgan fingerprint density at radius 3 is 1.65 bits per heavy atom. The number of carbonyl (C=O) groups excluding carboxylic acids is 1. The Morgan fingerprint density at radius 2 is 1.57 bits per heavy atom. The summed E-state index contributed by atoms with van der Waals surface area (Å²) in [6.45, 7) is 3.81. The number of ether oxygens (including phenoxy) is 1. The van der Waals surface area contributed by atoms with Crippen molar-refractivity contribution in [1.82, 2.24) is 4.31 Å². The summed E-state index contributed by atoms with van der Waals surface area (Å²) in [5.41, 5.74) is 0. The van der Waals surface area contributed by atoms with Crippen molar-refractivity contribution in [2.45, 2.75) is 52.4 Å². The first-order chi connectivity index (χ1) is 10.7. The Balaban J connectivity index is 0.000000315. The first-order valence-electron chi connectivity index (χ1n) is 8.23. The third kappa shape index (κ3) is 8.67. The van der Waals surface area contributed by atoms with E-state index in [1.807, 2.05) is 13.8 Å². The lowest BCUT2D eigenvalue weighted by Crippen LogP contribution is -2.22. The molecule has 0 aromatic heterocycles. The number of fused-ring (bicyclic) bond motifs is 2. The molecular formula is C16H33NO5S. The Kier molecular flexibility index (Phi) is 10.7. The van der Waals surface area contributed by atoms with Crippen molar-refractivity contribution in [2.24, 2.45) is 17.8 Å². The number of esters is 1. The van der Waals surface area contributed by atoms with Crippen LogP contribution in [0.25, 0.3) is 0 Å². The molecule has 0 saturated heterocycles. The number of hydrogen-bond acceptors (Lipinski definition) is 5. The van der Waals surface area contributed by atoms with Crippen molar-refractivity contribution < 1.29 is 22.1 Å². The SMILES string of the molecule is C1CC2CCC1C2.CCC(C)C(=O)OC.COS(=O)(=O)N(C)C. The monoisotopic (exact) mass is 351 g/mol. The van der Waals surface area contributed by atoms with Gasteiger partial charge in [-0.05, 0) is 24.7 Å². The molecule has 7 heteroatoms. The zero-order chi connectivity index (χ0) is 18.0. The van der Waals surface area contributed by atoms with Crippen molar-refractivity contribution in [1.29, 1.82) is 0 Å². The molecule has 1 atom stereocenters. The molecule has 23 heavy (non-hydrogen) atoms. The smallest absolute Gasteiger partial charge is 0.337 e. The average molecular weight is 352 g/mol. The van der Waals surface area contributed by atoms with Crippen LogP contribution in [-0.4, -0.2) is 47.0 Å². The van der Waals surface area contributed by atoms with Gasteiger partial charge in [0.15, 0.2) is 0 Å². The number of carbonyl (C=O) groups is 1. The van der Waals surface area contributed by atoms with Crippen LogP contribution in [0.1, 0.15) is 52.4 Å². The third-order valence-corrected chi connectivity index (χ3v) is 5.82. The number of rotatable bonds is 4. The van der Waals surface area contributed by atoms with Crippen molar-refractivity contribution in [2.75, 3.05) is 28.3 Å². The van der Waals surface area contributed by atoms with E-state index in [0.717, 1.165) is 17.8 Å². The molecule has 2 fully saturated rings. The molecule has 138 valence electrons. The maximum Gasteiger partial charge on any atom is 0.337 e. The summed E-state index contributed by atoms with van der Waals surface area (Å²) in [7, 11) is 1.93. The minimum Gasteiger partial charge on any atom is -0.469 e. The van der Waals surface area contributed by atoms with E-state index in [9.17, 15) is 13.2 Å². The first-order valence-corrected chi connectivity index (χ1v) is 9.60. The second-order valence-electron chi connectivity index (χ2n) is 6.36. The normalized spacial score (nSPS) is 23.4. The van der Waals surface area contributed by atoms with E-state index in [1.165, 1.54) is 33.0 Å². The van der Waals surface area contributed by atoms with Gasteiger partial charge < -0.3 is 4.74 Å². The van der Waals surface area contributed by atoms with Gasteiger partial charge in [0.2, 0.25) is 0 Å². The highest BCUT2D eigenvalue weighted by Gasteiger charge is 2.30. The Bertz CT molecular complexity index is 418. The molecule has 0 amide bonds. The second-order valence-corrected chi connectivity index (χ2v) is 8.28. The van der Waals surface area contributed by atoms with Crippen molar-refractivity contribution in [3.63, 3.8) is 0 Å². The minimum atomic E-state index is -3.40. The summed E-state index contributed by atoms with van der Waals surface area (Å²) >= 11 is 0. The zero-order valence-corrected chi connectivity index (χ0v) is 16.2. The minimum absolute atomic E-state index is 0.0556. The van der Waals surface area contributed by atoms with E-state index >= 15 is 0 Å². The van der Waals surface area contributed by atoms with Crippen LogP contribution in [-0.2, 0) is 24.0 Å². The topological polar surface area (TPSA) is 72.9 Å². The van der Waals surface area contributed by atoms with Gasteiger partial charge in [-0.1, -0.05) is 39.5 Å². The highest BCUT2D eigenvalue weighted by atomic mass is 32.2. The molecule has 2 saturated carbocycles. The van der Waals surface area contributed by atoms with Crippen molar-refractivity contribution >= 4 is 16.3 Å². The van der Waals surface area contributed by atoms with Crippen LogP contribution in [0.5, 0.6) is 0 Å². The van der Waals surface area contributed by atoms with Gasteiger partial charge in [0.25, 0.3) is 0 Å². The molecule has 0 spiro atoms. The number of hydrogen-bond donors (Lipinski definition) is 0. The van der Waals surface area contributed by atoms with Crippen LogP contribution >= 0.6 is 0 Å². The molecule has 0 aromatic carbocycles. The van der Waals surface area contributed by atoms with Crippen molar-refractivity contribution in [3.8, 4) is 0 Å². The summed E-state index contributed by atoms with van der Waals surface area (Å²) in [6.07, 6.45) is 8.68. The fourth-order valence-corrected chi connectivity index (χ4v) is 2.99. The molecule has 2 bridgehead atoms. The second kappa shape index (κ2) is 11.0. The Hall–Kier alpha value is -0.660. The Morgan fingerprint density at radius 1 is 1.13 bits per heavy atom. The summed E-state index contributed by atoms with van der Waals surface area (Å²) < 4.78 is 30.4. The van der Waals surface area contributed by atoms with E-state index in [2.05, 4.69) is 8.92 Å². The predicted molar refractivity (Wildman–Crippen MR) is 91.2 cm³/mol. The van der Waals surface area contributed by atoms with Gasteiger partial charge in [-0.3, -0.25) is 8.98 Å². The molecule has 0 aromatic rings. The first kappa shape index (κ1) is 22.3. The van der Waals surface area contributed by atoms with Gasteiger partial charge in [0.05, 0.1) is 20.1 Å². The number of methoxy groups -OCH3 is 1. The van der Waals surface area contributed by atoms with E-state index < -0.39 is 10.3 Å². The van der Waals surface area contributed by atoms with Gasteiger partial charge in [0.1, 0.15) is 0 Å². The third-order valence-electron chi connectivity index (χ3n) is 4.51. The van der Waals surface area contributed by atoms with Gasteiger partial charge in [-0.15, -0.1) is 0 Å². The predicted octanol–water partition coefficient (Wildman–Crippen LogP) is 2.84. The molecular weight excluding hydrogens is 318 g/mol. The molecule has 2 aliphatic rings. The zero-order valence-electron chi connectivity index (χ0n) is 15.4. The maximum atomic E-state index is 10.5. The summed E-state index contributed by atoms with van der Waals surface area (Å²) in [5.74, 6) is 2.28. The van der Waals surface area contributed by atoms with Gasteiger partial charge >= 0.3 is 16.3 Å². The van der Waals surface area contributed by atoms with E-state index in [-0.39, 0.29) is 11.9 Å². The molecule has 2 aliphatic carbocycles. The molecule has 0 aliphatic heterocycles. The van der Waals surface area contributed by atoms with Crippen LogP contribution in [0.2, 0.25) is 0 Å². The van der Waals surface area contributed by atoms with Crippen LogP contribution in [0.4, 0.5) is 0 Å². The quantitative estimate of drug-likeness (QED) is 0.728. The highest BCUT2D eigenvalue weighted by molar-refractivity contribution is 7.84.